The van der Waals surface area contributed by atoms with Gasteiger partial charge in [0.25, 0.3) is 5.91 Å². The Labute approximate surface area is 143 Å². The third-order valence-corrected chi connectivity index (χ3v) is 3.84. The van der Waals surface area contributed by atoms with E-state index in [1.165, 1.54) is 6.21 Å². The highest BCUT2D eigenvalue weighted by atomic mass is 79.9. The van der Waals surface area contributed by atoms with Crippen LogP contribution in [-0.4, -0.2) is 31.3 Å². The normalized spacial score (nSPS) is 12.2. The van der Waals surface area contributed by atoms with Gasteiger partial charge in [0.15, 0.2) is 6.10 Å². The van der Waals surface area contributed by atoms with Crippen LogP contribution in [0.15, 0.2) is 58.1 Å². The first kappa shape index (κ1) is 17.2. The van der Waals surface area contributed by atoms with Gasteiger partial charge in [-0.3, -0.25) is 4.79 Å². The van der Waals surface area contributed by atoms with Crippen LogP contribution in [0.4, 0.5) is 5.69 Å². The van der Waals surface area contributed by atoms with Gasteiger partial charge in [0, 0.05) is 18.6 Å². The lowest BCUT2D eigenvalue weighted by atomic mass is 10.1. The Kier molecular flexibility index (Phi) is 5.90. The Balaban J connectivity index is 1.99. The molecule has 0 heterocycles. The van der Waals surface area contributed by atoms with Crippen LogP contribution < -0.4 is 10.3 Å². The topological polar surface area (TPSA) is 64.9 Å². The number of carbonyl (C=O) groups excluding carboxylic acids is 1. The monoisotopic (exact) mass is 375 g/mol. The van der Waals surface area contributed by atoms with Crippen LogP contribution in [0.3, 0.4) is 0 Å². The van der Waals surface area contributed by atoms with E-state index in [2.05, 4.69) is 26.5 Å². The zero-order valence-electron chi connectivity index (χ0n) is 12.9. The maximum atomic E-state index is 11.9. The molecule has 0 bridgehead atoms. The van der Waals surface area contributed by atoms with Gasteiger partial charge in [-0.05, 0) is 39.2 Å². The molecule has 2 N–H and O–H groups in total. The number of carbonyl (C=O) groups is 1. The first-order valence-corrected chi connectivity index (χ1v) is 7.81. The van der Waals surface area contributed by atoms with Gasteiger partial charge in [-0.1, -0.05) is 36.4 Å². The molecule has 2 aromatic carbocycles. The summed E-state index contributed by atoms with van der Waals surface area (Å²) in [5.41, 5.74) is 4.74. The maximum Gasteiger partial charge on any atom is 0.273 e. The van der Waals surface area contributed by atoms with Gasteiger partial charge in [0.2, 0.25) is 0 Å². The minimum atomic E-state index is -1.24. The minimum absolute atomic E-state index is 0.526. The maximum absolute atomic E-state index is 11.9. The predicted octanol–water partition coefficient (Wildman–Crippen LogP) is 2.70. The van der Waals surface area contributed by atoms with Crippen molar-refractivity contribution in [2.75, 3.05) is 19.0 Å². The van der Waals surface area contributed by atoms with Gasteiger partial charge in [-0.25, -0.2) is 5.43 Å². The van der Waals surface area contributed by atoms with E-state index >= 15 is 0 Å². The van der Waals surface area contributed by atoms with E-state index in [1.54, 1.807) is 24.3 Å². The number of amides is 1. The summed E-state index contributed by atoms with van der Waals surface area (Å²) < 4.78 is 0.932. The van der Waals surface area contributed by atoms with Crippen molar-refractivity contribution in [1.29, 1.82) is 0 Å². The number of nitrogens with zero attached hydrogens (tertiary/aromatic N) is 2. The fraction of sp³-hybridized carbons (Fsp3) is 0.176. The predicted molar refractivity (Wildman–Crippen MR) is 95.6 cm³/mol. The molecule has 6 heteroatoms. The van der Waals surface area contributed by atoms with E-state index in [-0.39, 0.29) is 0 Å². The van der Waals surface area contributed by atoms with Crippen LogP contribution in [-0.2, 0) is 4.79 Å². The van der Waals surface area contributed by atoms with Gasteiger partial charge in [-0.15, -0.1) is 0 Å². The van der Waals surface area contributed by atoms with Crippen molar-refractivity contribution in [1.82, 2.24) is 5.43 Å². The molecular weight excluding hydrogens is 358 g/mol. The number of anilines is 1. The minimum Gasteiger partial charge on any atom is -0.378 e. The summed E-state index contributed by atoms with van der Waals surface area (Å²) in [5.74, 6) is -0.573. The van der Waals surface area contributed by atoms with Crippen molar-refractivity contribution >= 4 is 33.7 Å². The molecular formula is C17H18BrN3O2. The third-order valence-electron chi connectivity index (χ3n) is 3.21. The van der Waals surface area contributed by atoms with Crippen LogP contribution in [0, 0.1) is 0 Å². The van der Waals surface area contributed by atoms with Crippen LogP contribution in [0.2, 0.25) is 0 Å². The second kappa shape index (κ2) is 7.89. The molecule has 5 nitrogen and oxygen atoms in total. The van der Waals surface area contributed by atoms with Crippen molar-refractivity contribution in [3.8, 4) is 0 Å². The van der Waals surface area contributed by atoms with Crippen LogP contribution in [0.1, 0.15) is 17.2 Å². The fourth-order valence-electron chi connectivity index (χ4n) is 1.98. The molecule has 2 aromatic rings. The molecule has 0 unspecified atom stereocenters. The van der Waals surface area contributed by atoms with Crippen LogP contribution >= 0.6 is 15.9 Å². The third kappa shape index (κ3) is 4.64. The number of aliphatic hydroxyl groups excluding tert-OH is 1. The molecule has 0 aromatic heterocycles. The number of benzene rings is 2. The Bertz CT molecular complexity index is 702. The van der Waals surface area contributed by atoms with E-state index in [1.807, 2.05) is 43.3 Å². The fourth-order valence-corrected chi connectivity index (χ4v) is 2.74. The Morgan fingerprint density at radius 1 is 1.26 bits per heavy atom. The van der Waals surface area contributed by atoms with Crippen LogP contribution in [0.5, 0.6) is 0 Å². The number of hydrogen-bond acceptors (Lipinski definition) is 4. The van der Waals surface area contributed by atoms with E-state index in [4.69, 9.17) is 0 Å². The molecule has 0 fully saturated rings. The zero-order chi connectivity index (χ0) is 16.8. The van der Waals surface area contributed by atoms with Crippen molar-refractivity contribution in [2.24, 2.45) is 5.10 Å². The molecule has 0 spiro atoms. The second-order valence-electron chi connectivity index (χ2n) is 5.15. The highest BCUT2D eigenvalue weighted by molar-refractivity contribution is 9.10. The molecule has 0 radical (unpaired) electrons. The summed E-state index contributed by atoms with van der Waals surface area (Å²) >= 11 is 3.49. The highest BCUT2D eigenvalue weighted by Gasteiger charge is 2.15. The summed E-state index contributed by atoms with van der Waals surface area (Å²) in [6.45, 7) is 0. The van der Waals surface area contributed by atoms with E-state index in [0.29, 0.717) is 5.56 Å². The summed E-state index contributed by atoms with van der Waals surface area (Å²) in [5, 5.41) is 13.8. The molecule has 23 heavy (non-hydrogen) atoms. The average Bonchev–Trinajstić information content (AvgIpc) is 2.54. The van der Waals surface area contributed by atoms with Crippen molar-refractivity contribution < 1.29 is 9.90 Å². The van der Waals surface area contributed by atoms with E-state index < -0.39 is 12.0 Å². The molecule has 0 aliphatic heterocycles. The van der Waals surface area contributed by atoms with E-state index in [0.717, 1.165) is 15.7 Å². The Morgan fingerprint density at radius 2 is 1.96 bits per heavy atom. The number of nitrogens with one attached hydrogen (secondary N) is 1. The van der Waals surface area contributed by atoms with Crippen molar-refractivity contribution in [3.63, 3.8) is 0 Å². The molecule has 0 saturated carbocycles. The second-order valence-corrected chi connectivity index (χ2v) is 6.01. The molecule has 1 amide bonds. The molecule has 1 atom stereocenters. The summed E-state index contributed by atoms with van der Waals surface area (Å²) in [4.78, 5) is 13.8. The van der Waals surface area contributed by atoms with Gasteiger partial charge in [0.1, 0.15) is 0 Å². The van der Waals surface area contributed by atoms with Gasteiger partial charge < -0.3 is 10.0 Å². The quantitative estimate of drug-likeness (QED) is 0.623. The smallest absolute Gasteiger partial charge is 0.273 e. The average molecular weight is 376 g/mol. The van der Waals surface area contributed by atoms with E-state index in [9.17, 15) is 9.90 Å². The lowest BCUT2D eigenvalue weighted by molar-refractivity contribution is -0.129. The first-order valence-electron chi connectivity index (χ1n) is 7.02. The molecule has 2 rings (SSSR count). The lowest BCUT2D eigenvalue weighted by Gasteiger charge is -2.14. The molecule has 120 valence electrons. The SMILES string of the molecule is CN(C)c1ccc(/C=N\NC(=O)[C@@H](O)c2ccccc2)cc1Br. The number of hydrogen-bond donors (Lipinski definition) is 2. The van der Waals surface area contributed by atoms with Gasteiger partial charge in [-0.2, -0.15) is 5.10 Å². The number of halogens is 1. The highest BCUT2D eigenvalue weighted by Crippen LogP contribution is 2.25. The van der Waals surface area contributed by atoms with Gasteiger partial charge >= 0.3 is 0 Å². The summed E-state index contributed by atoms with van der Waals surface area (Å²) in [6.07, 6.45) is 0.288. The Hall–Kier alpha value is -2.18. The zero-order valence-corrected chi connectivity index (χ0v) is 14.5. The first-order chi connectivity index (χ1) is 11.0. The van der Waals surface area contributed by atoms with Crippen molar-refractivity contribution in [3.05, 3.63) is 64.1 Å². The lowest BCUT2D eigenvalue weighted by Crippen LogP contribution is -2.25. The largest absolute Gasteiger partial charge is 0.378 e. The summed E-state index contributed by atoms with van der Waals surface area (Å²) in [7, 11) is 3.91. The number of rotatable bonds is 5. The Morgan fingerprint density at radius 3 is 2.57 bits per heavy atom. The molecule has 0 aliphatic carbocycles. The molecule has 0 saturated heterocycles. The summed E-state index contributed by atoms with van der Waals surface area (Å²) in [6, 6.07) is 14.5. The standard InChI is InChI=1S/C17H18BrN3O2/c1-21(2)15-9-8-12(10-14(15)18)11-19-20-17(23)16(22)13-6-4-3-5-7-13/h3-11,16,22H,1-2H3,(H,20,23)/b19-11-/t16-/m0/s1. The van der Waals surface area contributed by atoms with Gasteiger partial charge in [0.05, 0.1) is 11.9 Å². The number of aliphatic hydroxyl groups is 1. The number of hydrazone groups is 1. The molecule has 0 aliphatic rings. The van der Waals surface area contributed by atoms with Crippen LogP contribution in [0.25, 0.3) is 0 Å². The van der Waals surface area contributed by atoms with Crippen molar-refractivity contribution in [2.45, 2.75) is 6.10 Å².